The van der Waals surface area contributed by atoms with Crippen LogP contribution in [0.1, 0.15) is 279 Å². The molecule has 16 nitrogen and oxygen atoms in total. The van der Waals surface area contributed by atoms with Crippen molar-refractivity contribution in [3.63, 3.8) is 0 Å². The molecule has 0 aromatic heterocycles. The molecule has 0 spiro atoms. The van der Waals surface area contributed by atoms with Gasteiger partial charge in [0.05, 0.1) is 37.9 Å². The first kappa shape index (κ1) is 119. The Morgan fingerprint density at radius 3 is 0.988 bits per heavy atom. The first-order chi connectivity index (χ1) is 40.0. The van der Waals surface area contributed by atoms with E-state index in [0.717, 1.165) is 97.9 Å². The van der Waals surface area contributed by atoms with Gasteiger partial charge in [0.25, 0.3) is 0 Å². The minimum atomic E-state index is 0.740. The van der Waals surface area contributed by atoms with Crippen molar-refractivity contribution in [3.8, 4) is 0 Å². The van der Waals surface area contributed by atoms with E-state index in [0.29, 0.717) is 0 Å². The average molecular weight is 1190 g/mol. The second-order valence-corrected chi connectivity index (χ2v) is 11.7. The van der Waals surface area contributed by atoms with Crippen LogP contribution in [-0.4, -0.2) is 133 Å². The highest BCUT2D eigenvalue weighted by Gasteiger charge is 1.91. The Labute approximate surface area is 515 Å². The van der Waals surface area contributed by atoms with Gasteiger partial charge >= 0.3 is 0 Å². The van der Waals surface area contributed by atoms with Crippen molar-refractivity contribution in [3.05, 3.63) is 0 Å². The zero-order valence-electron chi connectivity index (χ0n) is 60.3. The maximum absolute atomic E-state index is 4.78. The Kier molecular flexibility index (Phi) is 315. The van der Waals surface area contributed by atoms with Gasteiger partial charge in [-0.3, -0.25) is 20.0 Å². The highest BCUT2D eigenvalue weighted by Crippen LogP contribution is 2.09. The molecule has 0 unspecified atom stereocenters. The summed E-state index contributed by atoms with van der Waals surface area (Å²) in [7, 11) is 0. The monoisotopic (exact) mass is 1190 g/mol. The number of ether oxygens (including phenoxy) is 2. The summed E-state index contributed by atoms with van der Waals surface area (Å²) in [6, 6.07) is 0. The topological polar surface area (TPSA) is 187 Å². The van der Waals surface area contributed by atoms with Gasteiger partial charge in [-0.05, 0) is 63.3 Å². The lowest BCUT2D eigenvalue weighted by Gasteiger charge is -2.04. The summed E-state index contributed by atoms with van der Waals surface area (Å²) in [5.74, 6) is 2.49. The van der Waals surface area contributed by atoms with Crippen LogP contribution in [0.25, 0.3) is 0 Å². The fourth-order valence-corrected chi connectivity index (χ4v) is 4.39. The van der Waals surface area contributed by atoms with Crippen LogP contribution in [0.3, 0.4) is 0 Å². The molecule has 8 aliphatic rings. The molecule has 8 heterocycles. The second kappa shape index (κ2) is 211. The summed E-state index contributed by atoms with van der Waals surface area (Å²) in [4.78, 5) is 20.3. The van der Waals surface area contributed by atoms with E-state index in [9.17, 15) is 0 Å². The lowest BCUT2D eigenvalue weighted by molar-refractivity contribution is 0.134. The summed E-state index contributed by atoms with van der Waals surface area (Å²) < 4.78 is 13.5. The Balaban J connectivity index is -0.0000000390. The number of hydrazine groups is 1. The summed E-state index contributed by atoms with van der Waals surface area (Å²) in [6.07, 6.45) is 22.7. The molecular weight excluding hydrogens is 1040 g/mol. The van der Waals surface area contributed by atoms with Gasteiger partial charge in [-0.1, -0.05) is 227 Å². The molecule has 0 radical (unpaired) electrons. The highest BCUT2D eigenvalue weighted by atomic mass is 32.2. The number of hydrogen-bond donors (Lipinski definition) is 5. The van der Waals surface area contributed by atoms with Crippen LogP contribution in [-0.2, 0) is 14.3 Å². The molecule has 496 valence electrons. The quantitative estimate of drug-likeness (QED) is 0.146. The molecule has 0 atom stereocenters. The van der Waals surface area contributed by atoms with Crippen LogP contribution in [0.2, 0.25) is 0 Å². The number of thioether (sulfide) groups is 1. The Morgan fingerprint density at radius 2 is 0.887 bits per heavy atom. The van der Waals surface area contributed by atoms with Crippen molar-refractivity contribution in [1.29, 1.82) is 0 Å². The van der Waals surface area contributed by atoms with Crippen molar-refractivity contribution in [1.82, 2.24) is 27.0 Å². The predicted octanol–water partition coefficient (Wildman–Crippen LogP) is 19.3. The third-order valence-electron chi connectivity index (χ3n) is 5.60. The molecule has 8 rings (SSSR count). The molecule has 0 aromatic rings. The summed E-state index contributed by atoms with van der Waals surface area (Å²) >= 11 is 3.47. The summed E-state index contributed by atoms with van der Waals surface area (Å²) in [6.45, 7) is 74.2. The third-order valence-corrected chi connectivity index (χ3v) is 7.19. The van der Waals surface area contributed by atoms with E-state index in [1.165, 1.54) is 56.4 Å². The van der Waals surface area contributed by atoms with Crippen LogP contribution in [0.4, 0.5) is 0 Å². The smallest absolute Gasteiger partial charge is 0.192 e. The molecule has 80 heavy (non-hydrogen) atoms. The molecule has 0 aromatic carbocycles. The maximum Gasteiger partial charge on any atom is 0.192 e. The lowest BCUT2D eigenvalue weighted by atomic mass is 10.3. The molecule has 0 saturated carbocycles. The summed E-state index contributed by atoms with van der Waals surface area (Å²) in [5, 5.41) is 13.9. The van der Waals surface area contributed by atoms with E-state index in [4.69, 9.17) is 9.47 Å². The maximum atomic E-state index is 4.78. The van der Waals surface area contributed by atoms with Crippen molar-refractivity contribution >= 4 is 73.4 Å². The number of oxime groups is 1. The summed E-state index contributed by atoms with van der Waals surface area (Å²) in [5.41, 5.74) is 13.1. The van der Waals surface area contributed by atoms with Crippen LogP contribution in [0.15, 0.2) is 39.7 Å². The number of hydrazone groups is 2. The molecule has 0 aliphatic carbocycles. The van der Waals surface area contributed by atoms with Gasteiger partial charge in [0.15, 0.2) is 12.8 Å². The van der Waals surface area contributed by atoms with Gasteiger partial charge in [0, 0.05) is 75.8 Å². The van der Waals surface area contributed by atoms with E-state index < -0.39 is 0 Å². The van der Waals surface area contributed by atoms with Gasteiger partial charge in [-0.25, -0.2) is 9.82 Å². The number of nitrogens with zero attached hydrogens (tertiary/aromatic N) is 8. The van der Waals surface area contributed by atoms with E-state index in [2.05, 4.69) is 71.6 Å². The molecular formula is C62H153N13O3S2. The van der Waals surface area contributed by atoms with Crippen LogP contribution in [0, 0.1) is 0 Å². The first-order valence-corrected chi connectivity index (χ1v) is 34.8. The van der Waals surface area contributed by atoms with Gasteiger partial charge in [-0.2, -0.15) is 5.10 Å². The van der Waals surface area contributed by atoms with Crippen molar-refractivity contribution < 1.29 is 14.3 Å². The van der Waals surface area contributed by atoms with Gasteiger partial charge in [-0.15, -0.1) is 16.9 Å². The van der Waals surface area contributed by atoms with Crippen LogP contribution < -0.4 is 27.0 Å². The SMILES string of the molecule is C1=NCCCN1.C1=NCCCO1.C1=NCCCS1.C1=NCCNN1.C1=NNCCC1.C1=NNCCO1.C1=NOCCC1.C1=NSCCC1.CC.CC.CC.CC.CC.CC.CC.CC.CC.CC.CC.CC.CC.CC.CC.CC. The molecule has 0 saturated heterocycles. The Bertz CT molecular complexity index is 658. The van der Waals surface area contributed by atoms with Crippen molar-refractivity contribution in [2.75, 3.05) is 83.7 Å². The number of rotatable bonds is 0. The Morgan fingerprint density at radius 1 is 0.375 bits per heavy atom. The van der Waals surface area contributed by atoms with E-state index >= 15 is 0 Å². The minimum Gasteiger partial charge on any atom is -0.483 e. The molecule has 8 aliphatic heterocycles. The van der Waals surface area contributed by atoms with Crippen molar-refractivity contribution in [2.24, 2.45) is 39.7 Å². The number of aliphatic imine (C=N–C) groups is 4. The fraction of sp³-hybridized carbons (Fsp3) is 0.871. The third kappa shape index (κ3) is 203. The molecule has 0 fully saturated rings. The van der Waals surface area contributed by atoms with Gasteiger partial charge < -0.3 is 35.9 Å². The lowest BCUT2D eigenvalue weighted by Crippen LogP contribution is -2.36. The zero-order chi connectivity index (χ0) is 65.9. The normalized spacial score (nSPS) is 13.3. The average Bonchev–Trinajstić information content (AvgIpc) is 3.65. The molecule has 0 amide bonds. The largest absolute Gasteiger partial charge is 0.483 e. The van der Waals surface area contributed by atoms with Crippen molar-refractivity contribution in [2.45, 2.75) is 279 Å². The molecule has 0 bridgehead atoms. The Hall–Kier alpha value is -3.38. The zero-order valence-corrected chi connectivity index (χ0v) is 61.9. The number of hydrogen-bond acceptors (Lipinski definition) is 18. The highest BCUT2D eigenvalue weighted by molar-refractivity contribution is 8.12. The van der Waals surface area contributed by atoms with Crippen LogP contribution >= 0.6 is 23.7 Å². The van der Waals surface area contributed by atoms with Gasteiger partial charge in [0.2, 0.25) is 0 Å². The van der Waals surface area contributed by atoms with E-state index in [1.54, 1.807) is 42.6 Å². The second-order valence-electron chi connectivity index (χ2n) is 9.82. The predicted molar refractivity (Wildman–Crippen MR) is 388 cm³/mol. The standard InChI is InChI=1S/2C4H8N2.2C4H7NO.2C4H7NS.C3H7N3.C3H6N2O.16C2H6/c1-2-5-4-6-3-1;1-2-4-6-5-3-1;1-2-5-4-6-3-1;1-2-4-6-5-3-1;1-2-5-4-6-3-1;1-2-4-6-5-3-1;1-2-5-6-3-4-1;1-2-6-3-5-4-1;16*1-2/h4H,1-3H2,(H,5,6);3,6H,1-2,4H2;4H,1-3H2;3H,1-2,4H2;4H,1-3H2;3H,1-2,4H2;3,5H,1-2H2,(H,4,6);3-4H,1-2H2;16*1-2H3. The van der Waals surface area contributed by atoms with Crippen LogP contribution in [0.5, 0.6) is 0 Å². The fourth-order valence-electron chi connectivity index (χ4n) is 3.17. The molecule has 18 heteroatoms. The van der Waals surface area contributed by atoms with Gasteiger partial charge in [0.1, 0.15) is 13.2 Å². The van der Waals surface area contributed by atoms with E-state index in [-0.39, 0.29) is 0 Å². The minimum absolute atomic E-state index is 0.740. The van der Waals surface area contributed by atoms with E-state index in [1.807, 2.05) is 240 Å². The molecule has 5 N–H and O–H groups in total. The number of nitrogens with one attached hydrogen (secondary N) is 5. The first-order valence-electron chi connectivity index (χ1n) is 32.8.